The predicted molar refractivity (Wildman–Crippen MR) is 102 cm³/mol. The summed E-state index contributed by atoms with van der Waals surface area (Å²) in [5.41, 5.74) is 9.03. The van der Waals surface area contributed by atoms with E-state index in [1.54, 1.807) is 0 Å². The molecule has 0 saturated carbocycles. The quantitative estimate of drug-likeness (QED) is 0.598. The molecule has 1 amide bonds. The standard InChI is InChI=1S/C20H19N3O3S/c21-16-18(24)23-17(20(25)26)15(12-27-19(16)23)11-22-8-6-14(7-9-22)10-13-4-2-1-3-5-13/h1-9,16,19H,10-12,21H2/p+1. The van der Waals surface area contributed by atoms with E-state index in [0.717, 1.165) is 12.0 Å². The Morgan fingerprint density at radius 2 is 1.85 bits per heavy atom. The van der Waals surface area contributed by atoms with Gasteiger partial charge in [0.25, 0.3) is 0 Å². The molecule has 0 spiro atoms. The van der Waals surface area contributed by atoms with Gasteiger partial charge in [-0.2, -0.15) is 0 Å². The Morgan fingerprint density at radius 3 is 2.52 bits per heavy atom. The van der Waals surface area contributed by atoms with Crippen LogP contribution in [0.2, 0.25) is 0 Å². The number of carboxylic acids is 1. The van der Waals surface area contributed by atoms with Gasteiger partial charge in [0.15, 0.2) is 18.9 Å². The van der Waals surface area contributed by atoms with Crippen LogP contribution >= 0.6 is 11.8 Å². The second-order valence-corrected chi connectivity index (χ2v) is 7.84. The summed E-state index contributed by atoms with van der Waals surface area (Å²) in [6.07, 6.45) is 4.75. The van der Waals surface area contributed by atoms with Gasteiger partial charge in [-0.05, 0) is 17.5 Å². The summed E-state index contributed by atoms with van der Waals surface area (Å²) in [5.74, 6) is -0.829. The van der Waals surface area contributed by atoms with Crippen molar-refractivity contribution in [3.05, 3.63) is 77.3 Å². The third-order valence-electron chi connectivity index (χ3n) is 4.88. The fraction of sp³-hybridized carbons (Fsp3) is 0.250. The SMILES string of the molecule is NC1C(=O)N2C(C(=O)O)=C(C[n+]3ccc(Cc4ccccc4)cc3)CSC12. The van der Waals surface area contributed by atoms with E-state index in [1.165, 1.54) is 27.8 Å². The minimum Gasteiger partial charge on any atom is -0.477 e. The van der Waals surface area contributed by atoms with Crippen LogP contribution in [0.15, 0.2) is 66.1 Å². The number of rotatable bonds is 5. The van der Waals surface area contributed by atoms with E-state index in [-0.39, 0.29) is 17.0 Å². The summed E-state index contributed by atoms with van der Waals surface area (Å²) >= 11 is 1.52. The second kappa shape index (κ2) is 7.17. The lowest BCUT2D eigenvalue weighted by Crippen LogP contribution is -2.68. The highest BCUT2D eigenvalue weighted by Crippen LogP contribution is 2.39. The molecule has 27 heavy (non-hydrogen) atoms. The van der Waals surface area contributed by atoms with Crippen molar-refractivity contribution in [3.63, 3.8) is 0 Å². The van der Waals surface area contributed by atoms with Crippen LogP contribution in [0.3, 0.4) is 0 Å². The Kier molecular flexibility index (Phi) is 4.72. The number of β-lactam (4-membered cyclic amide) rings is 1. The summed E-state index contributed by atoms with van der Waals surface area (Å²) < 4.78 is 1.94. The average molecular weight is 382 g/mol. The van der Waals surface area contributed by atoms with Crippen LogP contribution in [0.1, 0.15) is 11.1 Å². The lowest BCUT2D eigenvalue weighted by atomic mass is 10.0. The topological polar surface area (TPSA) is 87.5 Å². The first-order valence-electron chi connectivity index (χ1n) is 8.72. The Bertz CT molecular complexity index is 912. The number of benzene rings is 1. The number of amides is 1. The van der Waals surface area contributed by atoms with Crippen molar-refractivity contribution < 1.29 is 19.3 Å². The molecule has 1 aromatic heterocycles. The first-order valence-corrected chi connectivity index (χ1v) is 9.77. The first kappa shape index (κ1) is 17.8. The first-order chi connectivity index (χ1) is 13.0. The molecule has 1 saturated heterocycles. The van der Waals surface area contributed by atoms with E-state index in [2.05, 4.69) is 12.1 Å². The normalized spacial score (nSPS) is 21.7. The van der Waals surface area contributed by atoms with Gasteiger partial charge in [0.1, 0.15) is 17.1 Å². The van der Waals surface area contributed by atoms with Gasteiger partial charge >= 0.3 is 5.97 Å². The molecule has 2 atom stereocenters. The number of nitrogens with two attached hydrogens (primary N) is 1. The van der Waals surface area contributed by atoms with E-state index in [0.29, 0.717) is 12.3 Å². The molecule has 6 nitrogen and oxygen atoms in total. The van der Waals surface area contributed by atoms with Crippen molar-refractivity contribution >= 4 is 23.6 Å². The summed E-state index contributed by atoms with van der Waals surface area (Å²) in [6, 6.07) is 13.7. The molecule has 2 aliphatic heterocycles. The molecule has 3 N–H and O–H groups in total. The maximum Gasteiger partial charge on any atom is 0.352 e. The molecule has 138 valence electrons. The van der Waals surface area contributed by atoms with Crippen LogP contribution in [0, 0.1) is 0 Å². The molecule has 3 heterocycles. The Morgan fingerprint density at radius 1 is 1.19 bits per heavy atom. The molecule has 7 heteroatoms. The number of carbonyl (C=O) groups excluding carboxylic acids is 1. The number of fused-ring (bicyclic) bond motifs is 1. The highest BCUT2D eigenvalue weighted by atomic mass is 32.2. The number of nitrogens with zero attached hydrogens (tertiary/aromatic N) is 2. The molecule has 0 aliphatic carbocycles. The largest absolute Gasteiger partial charge is 0.477 e. The number of pyridine rings is 1. The average Bonchev–Trinajstić information content (AvgIpc) is 2.69. The van der Waals surface area contributed by atoms with Crippen LogP contribution in [-0.4, -0.2) is 39.1 Å². The fourth-order valence-electron chi connectivity index (χ4n) is 3.46. The van der Waals surface area contributed by atoms with E-state index in [4.69, 9.17) is 5.73 Å². The molecule has 1 fully saturated rings. The lowest BCUT2D eigenvalue weighted by Gasteiger charge is -2.47. The van der Waals surface area contributed by atoms with Crippen molar-refractivity contribution in [2.24, 2.45) is 5.73 Å². The minimum absolute atomic E-state index is 0.0892. The number of carbonyl (C=O) groups is 2. The lowest BCUT2D eigenvalue weighted by molar-refractivity contribution is -0.689. The molecular formula is C20H20N3O3S+. The van der Waals surface area contributed by atoms with Crippen molar-refractivity contribution in [1.82, 2.24) is 4.90 Å². The zero-order chi connectivity index (χ0) is 19.0. The third kappa shape index (κ3) is 3.36. The summed E-state index contributed by atoms with van der Waals surface area (Å²) in [4.78, 5) is 25.1. The van der Waals surface area contributed by atoms with Gasteiger partial charge < -0.3 is 10.8 Å². The van der Waals surface area contributed by atoms with Gasteiger partial charge in [0.2, 0.25) is 5.91 Å². The fourth-order valence-corrected chi connectivity index (χ4v) is 4.75. The van der Waals surface area contributed by atoms with Gasteiger partial charge in [0.05, 0.1) is 0 Å². The zero-order valence-electron chi connectivity index (χ0n) is 14.6. The van der Waals surface area contributed by atoms with E-state index in [1.807, 2.05) is 47.3 Å². The van der Waals surface area contributed by atoms with E-state index in [9.17, 15) is 14.7 Å². The summed E-state index contributed by atoms with van der Waals surface area (Å²) in [6.45, 7) is 0.436. The summed E-state index contributed by atoms with van der Waals surface area (Å²) in [5, 5.41) is 9.35. The molecule has 1 aromatic carbocycles. The minimum atomic E-state index is -1.07. The maximum absolute atomic E-state index is 12.0. The van der Waals surface area contributed by atoms with Crippen LogP contribution < -0.4 is 10.3 Å². The summed E-state index contributed by atoms with van der Waals surface area (Å²) in [7, 11) is 0. The Hall–Kier alpha value is -2.64. The Balaban J connectivity index is 1.52. The van der Waals surface area contributed by atoms with Crippen molar-refractivity contribution in [3.8, 4) is 0 Å². The predicted octanol–water partition coefficient (Wildman–Crippen LogP) is 1.15. The highest BCUT2D eigenvalue weighted by molar-refractivity contribution is 8.00. The molecule has 0 radical (unpaired) electrons. The number of hydrogen-bond acceptors (Lipinski definition) is 4. The molecule has 0 bridgehead atoms. The number of aliphatic carboxylic acids is 1. The number of aromatic nitrogens is 1. The maximum atomic E-state index is 12.0. The molecule has 2 aliphatic rings. The Labute approximate surface area is 161 Å². The van der Waals surface area contributed by atoms with Gasteiger partial charge in [-0.1, -0.05) is 30.3 Å². The second-order valence-electron chi connectivity index (χ2n) is 6.73. The van der Waals surface area contributed by atoms with Crippen molar-refractivity contribution in [2.75, 3.05) is 5.75 Å². The molecule has 2 unspecified atom stereocenters. The van der Waals surface area contributed by atoms with Crippen molar-refractivity contribution in [1.29, 1.82) is 0 Å². The van der Waals surface area contributed by atoms with E-state index >= 15 is 0 Å². The highest BCUT2D eigenvalue weighted by Gasteiger charge is 2.52. The van der Waals surface area contributed by atoms with Gasteiger partial charge in [-0.3, -0.25) is 9.69 Å². The molecule has 4 rings (SSSR count). The van der Waals surface area contributed by atoms with Gasteiger partial charge in [-0.25, -0.2) is 9.36 Å². The third-order valence-corrected chi connectivity index (χ3v) is 6.24. The van der Waals surface area contributed by atoms with Crippen LogP contribution in [0.5, 0.6) is 0 Å². The van der Waals surface area contributed by atoms with Gasteiger partial charge in [0, 0.05) is 23.5 Å². The zero-order valence-corrected chi connectivity index (χ0v) is 15.4. The number of thioether (sulfide) groups is 1. The van der Waals surface area contributed by atoms with Gasteiger partial charge in [-0.15, -0.1) is 11.8 Å². The van der Waals surface area contributed by atoms with Crippen LogP contribution in [0.4, 0.5) is 0 Å². The number of hydrogen-bond donors (Lipinski definition) is 2. The smallest absolute Gasteiger partial charge is 0.352 e. The van der Waals surface area contributed by atoms with Crippen LogP contribution in [-0.2, 0) is 22.6 Å². The van der Waals surface area contributed by atoms with Crippen LogP contribution in [0.25, 0.3) is 0 Å². The monoisotopic (exact) mass is 382 g/mol. The number of carboxylic acid groups (broad SMARTS) is 1. The molecule has 2 aromatic rings. The molecular weight excluding hydrogens is 362 g/mol. The van der Waals surface area contributed by atoms with Crippen molar-refractivity contribution in [2.45, 2.75) is 24.4 Å². The van der Waals surface area contributed by atoms with E-state index < -0.39 is 12.0 Å².